The van der Waals surface area contributed by atoms with Gasteiger partial charge in [-0.25, -0.2) is 4.79 Å². The predicted octanol–water partition coefficient (Wildman–Crippen LogP) is 6.24. The summed E-state index contributed by atoms with van der Waals surface area (Å²) in [6.45, 7) is 18.2. The first kappa shape index (κ1) is 29.4. The number of esters is 1. The zero-order valence-corrected chi connectivity index (χ0v) is 22.6. The molecule has 7 heteroatoms. The van der Waals surface area contributed by atoms with Crippen LogP contribution in [0.15, 0.2) is 49.1 Å². The number of phenolic OH excluding ortho intramolecular Hbond substituents is 2. The number of ether oxygens (including phenoxy) is 1. The van der Waals surface area contributed by atoms with Gasteiger partial charge in [0.25, 0.3) is 0 Å². The zero-order valence-electron chi connectivity index (χ0n) is 21.6. The van der Waals surface area contributed by atoms with Crippen LogP contribution in [0.4, 0.5) is 0 Å². The van der Waals surface area contributed by atoms with E-state index in [1.165, 1.54) is 12.1 Å². The lowest BCUT2D eigenvalue weighted by atomic mass is 10.00. The molecule has 188 valence electrons. The fraction of sp³-hybridized carbons (Fsp3) is 0.481. The van der Waals surface area contributed by atoms with E-state index in [9.17, 15) is 19.8 Å². The summed E-state index contributed by atoms with van der Waals surface area (Å²) in [6, 6.07) is 2.35. The molecule has 2 atom stereocenters. The van der Waals surface area contributed by atoms with E-state index < -0.39 is 26.1 Å². The summed E-state index contributed by atoms with van der Waals surface area (Å²) in [5.74, 6) is -1.70. The monoisotopic (exact) mass is 488 g/mol. The van der Waals surface area contributed by atoms with Gasteiger partial charge in [0.2, 0.25) is 0 Å². The number of carbonyl (C=O) groups is 2. The summed E-state index contributed by atoms with van der Waals surface area (Å²) >= 11 is 0. The van der Waals surface area contributed by atoms with Gasteiger partial charge in [-0.2, -0.15) is 0 Å². The maximum absolute atomic E-state index is 12.7. The van der Waals surface area contributed by atoms with Gasteiger partial charge >= 0.3 is 5.97 Å². The third-order valence-electron chi connectivity index (χ3n) is 5.89. The Kier molecular flexibility index (Phi) is 11.0. The minimum atomic E-state index is -1.98. The van der Waals surface area contributed by atoms with Crippen LogP contribution >= 0.6 is 0 Å². The lowest BCUT2D eigenvalue weighted by molar-refractivity contribution is -0.114. The summed E-state index contributed by atoms with van der Waals surface area (Å²) in [4.78, 5) is 25.3. The van der Waals surface area contributed by atoms with E-state index in [1.807, 2.05) is 19.1 Å². The number of hydrogen-bond donors (Lipinski definition) is 2. The van der Waals surface area contributed by atoms with Gasteiger partial charge in [0.15, 0.2) is 14.1 Å². The highest BCUT2D eigenvalue weighted by Crippen LogP contribution is 2.37. The first-order valence-electron chi connectivity index (χ1n) is 11.6. The molecule has 0 saturated carbocycles. The molecule has 34 heavy (non-hydrogen) atoms. The highest BCUT2D eigenvalue weighted by Gasteiger charge is 2.38. The largest absolute Gasteiger partial charge is 0.508 e. The average Bonchev–Trinajstić information content (AvgIpc) is 2.66. The molecular formula is C27H40O6Si. The van der Waals surface area contributed by atoms with Gasteiger partial charge in [-0.1, -0.05) is 45.1 Å². The zero-order chi connectivity index (χ0) is 26.1. The number of phenols is 2. The molecule has 0 spiro atoms. The van der Waals surface area contributed by atoms with Crippen molar-refractivity contribution in [2.75, 3.05) is 0 Å². The van der Waals surface area contributed by atoms with Crippen molar-refractivity contribution in [3.8, 4) is 11.5 Å². The number of aromatic hydroxyl groups is 2. The van der Waals surface area contributed by atoms with E-state index in [0.29, 0.717) is 12.8 Å². The van der Waals surface area contributed by atoms with Crippen molar-refractivity contribution in [1.29, 1.82) is 0 Å². The fourth-order valence-electron chi connectivity index (χ4n) is 3.08. The average molecular weight is 489 g/mol. The number of ketones is 1. The van der Waals surface area contributed by atoms with Gasteiger partial charge in [0.05, 0.1) is 6.10 Å². The predicted molar refractivity (Wildman–Crippen MR) is 139 cm³/mol. The van der Waals surface area contributed by atoms with Crippen molar-refractivity contribution in [2.45, 2.75) is 84.2 Å². The van der Waals surface area contributed by atoms with Gasteiger partial charge in [-0.05, 0) is 56.1 Å². The maximum Gasteiger partial charge on any atom is 0.342 e. The third kappa shape index (κ3) is 8.95. The topological polar surface area (TPSA) is 93.1 Å². The summed E-state index contributed by atoms with van der Waals surface area (Å²) in [6.07, 6.45) is 8.98. The van der Waals surface area contributed by atoms with Crippen LogP contribution in [0.2, 0.25) is 18.1 Å². The molecule has 6 nitrogen and oxygen atoms in total. The van der Waals surface area contributed by atoms with Crippen molar-refractivity contribution in [3.05, 3.63) is 60.2 Å². The number of hydrogen-bond acceptors (Lipinski definition) is 6. The molecule has 1 aromatic rings. The first-order valence-corrected chi connectivity index (χ1v) is 14.5. The van der Waals surface area contributed by atoms with Crippen LogP contribution in [0.5, 0.6) is 11.5 Å². The molecule has 0 saturated heterocycles. The Morgan fingerprint density at radius 2 is 1.82 bits per heavy atom. The lowest BCUT2D eigenvalue weighted by Gasteiger charge is -2.38. The molecule has 0 bridgehead atoms. The van der Waals surface area contributed by atoms with Crippen LogP contribution < -0.4 is 0 Å². The van der Waals surface area contributed by atoms with Crippen LogP contribution in [-0.2, 0) is 20.4 Å². The van der Waals surface area contributed by atoms with Gasteiger partial charge in [0.1, 0.15) is 23.2 Å². The summed E-state index contributed by atoms with van der Waals surface area (Å²) in [5.41, 5.74) is 0.0778. The van der Waals surface area contributed by atoms with Crippen molar-refractivity contribution in [3.63, 3.8) is 0 Å². The molecule has 0 unspecified atom stereocenters. The van der Waals surface area contributed by atoms with E-state index in [2.05, 4.69) is 40.4 Å². The summed E-state index contributed by atoms with van der Waals surface area (Å²) in [5, 5.41) is 20.2. The molecule has 1 rings (SSSR count). The van der Waals surface area contributed by atoms with Crippen LogP contribution in [0, 0.1) is 0 Å². The summed E-state index contributed by atoms with van der Waals surface area (Å²) < 4.78 is 11.8. The minimum Gasteiger partial charge on any atom is -0.508 e. The van der Waals surface area contributed by atoms with Crippen LogP contribution in [0.25, 0.3) is 0 Å². The number of rotatable bonds is 12. The SMILES string of the molecule is C=CC[C@@H](C)OC(=O)c1c(O)cc(O)cc1CC(=O)C=CC[C@@H](C=CC)O[Si](C)(C)C(C)(C)C. The fourth-order valence-corrected chi connectivity index (χ4v) is 4.37. The molecule has 0 aliphatic heterocycles. The first-order chi connectivity index (χ1) is 15.7. The standard InChI is InChI=1S/C27H40O6Si/c1-9-12-19(3)32-26(31)25-20(17-22(29)18-24(25)30)16-21(28)14-11-15-23(13-10-2)33-34(7,8)27(4,5)6/h9-11,13-14,17-19,23,29-30H,1,12,15-16H2,2-8H3/t19-,23-/m1/s1. The quantitative estimate of drug-likeness (QED) is 0.156. The molecule has 0 aromatic heterocycles. The van der Waals surface area contributed by atoms with Crippen molar-refractivity contribution in [1.82, 2.24) is 0 Å². The van der Waals surface area contributed by atoms with Crippen LogP contribution in [0.1, 0.15) is 63.4 Å². The molecule has 0 amide bonds. The Morgan fingerprint density at radius 3 is 2.38 bits per heavy atom. The van der Waals surface area contributed by atoms with E-state index in [1.54, 1.807) is 19.1 Å². The molecule has 2 N–H and O–H groups in total. The molecule has 1 aromatic carbocycles. The van der Waals surface area contributed by atoms with Gasteiger partial charge in [0, 0.05) is 18.9 Å². The van der Waals surface area contributed by atoms with E-state index in [4.69, 9.17) is 9.16 Å². The number of benzene rings is 1. The highest BCUT2D eigenvalue weighted by molar-refractivity contribution is 6.74. The van der Waals surface area contributed by atoms with Crippen LogP contribution in [0.3, 0.4) is 0 Å². The Bertz CT molecular complexity index is 924. The molecule has 0 aliphatic rings. The Hall–Kier alpha value is -2.64. The second-order valence-corrected chi connectivity index (χ2v) is 14.7. The Balaban J connectivity index is 2.98. The van der Waals surface area contributed by atoms with Gasteiger partial charge < -0.3 is 19.4 Å². The van der Waals surface area contributed by atoms with E-state index >= 15 is 0 Å². The second kappa shape index (κ2) is 12.7. The number of carbonyl (C=O) groups excluding carboxylic acids is 2. The summed E-state index contributed by atoms with van der Waals surface area (Å²) in [7, 11) is -1.98. The molecule has 0 radical (unpaired) electrons. The molecule has 0 fully saturated rings. The van der Waals surface area contributed by atoms with E-state index in [-0.39, 0.29) is 40.2 Å². The lowest BCUT2D eigenvalue weighted by Crippen LogP contribution is -2.43. The van der Waals surface area contributed by atoms with E-state index in [0.717, 1.165) is 6.07 Å². The smallest absolute Gasteiger partial charge is 0.342 e. The van der Waals surface area contributed by atoms with Gasteiger partial charge in [-0.15, -0.1) is 6.58 Å². The second-order valence-electron chi connectivity index (χ2n) is 9.96. The Labute approximate surface area is 205 Å². The van der Waals surface area contributed by atoms with Crippen LogP contribution in [-0.4, -0.2) is 42.5 Å². The molecule has 0 heterocycles. The highest BCUT2D eigenvalue weighted by atomic mass is 28.4. The molecular weight excluding hydrogens is 448 g/mol. The number of allylic oxidation sites excluding steroid dienone is 2. The van der Waals surface area contributed by atoms with Gasteiger partial charge in [-0.3, -0.25) is 4.79 Å². The minimum absolute atomic E-state index is 0.0673. The third-order valence-corrected chi connectivity index (χ3v) is 10.4. The molecule has 0 aliphatic carbocycles. The normalized spacial score (nSPS) is 14.3. The Morgan fingerprint density at radius 1 is 1.18 bits per heavy atom. The van der Waals surface area contributed by atoms with Crippen molar-refractivity contribution < 1.29 is 29.0 Å². The maximum atomic E-state index is 12.7. The van der Waals surface area contributed by atoms with Crippen molar-refractivity contribution >= 4 is 20.1 Å². The van der Waals surface area contributed by atoms with Crippen molar-refractivity contribution in [2.24, 2.45) is 0 Å².